The molecule has 0 N–H and O–H groups in total. The summed E-state index contributed by atoms with van der Waals surface area (Å²) in [6, 6.07) is 10.1. The third-order valence-electron chi connectivity index (χ3n) is 15.1. The van der Waals surface area contributed by atoms with Crippen LogP contribution in [0.2, 0.25) is 0 Å². The highest BCUT2D eigenvalue weighted by Gasteiger charge is 2.55. The molecular weight excluding hydrogens is 711 g/mol. The molecule has 0 spiro atoms. The van der Waals surface area contributed by atoms with Crippen LogP contribution in [0, 0.1) is 29.6 Å². The molecule has 8 fully saturated rings. The number of rotatable bonds is 9. The van der Waals surface area contributed by atoms with Crippen LogP contribution in [0.25, 0.3) is 0 Å². The largest absolute Gasteiger partial charge is 0.906 e. The van der Waals surface area contributed by atoms with E-state index in [1.54, 1.807) is 0 Å². The quantitative estimate of drug-likeness (QED) is 0.230. The molecule has 12 atom stereocenters. The minimum Gasteiger partial charge on any atom is -0.451 e. The smallest absolute Gasteiger partial charge is 0.451 e. The topological polar surface area (TPSA) is 107 Å². The first kappa shape index (κ1) is 39.0. The van der Waals surface area contributed by atoms with Crippen molar-refractivity contribution in [2.24, 2.45) is 29.6 Å². The fourth-order valence-electron chi connectivity index (χ4n) is 12.3. The Morgan fingerprint density at radius 2 is 0.855 bits per heavy atom. The van der Waals surface area contributed by atoms with Gasteiger partial charge in [-0.2, -0.15) is 0 Å². The van der Waals surface area contributed by atoms with Crippen LogP contribution in [0.15, 0.2) is 30.3 Å². The van der Waals surface area contributed by atoms with Crippen LogP contribution < -0.4 is 0 Å². The Morgan fingerprint density at radius 1 is 0.436 bits per heavy atom. The van der Waals surface area contributed by atoms with Gasteiger partial charge in [0.2, 0.25) is 0 Å². The molecule has 3 heterocycles. The van der Waals surface area contributed by atoms with Gasteiger partial charge >= 0.3 is 15.1 Å². The number of ketones is 3. The van der Waals surface area contributed by atoms with E-state index in [1.807, 2.05) is 30.3 Å². The van der Waals surface area contributed by atoms with Gasteiger partial charge in [0.15, 0.2) is 0 Å². The van der Waals surface area contributed by atoms with Gasteiger partial charge < -0.3 is 25.6 Å². The van der Waals surface area contributed by atoms with Crippen LogP contribution in [0.1, 0.15) is 153 Å². The molecule has 10 heteroatoms. The molecule has 0 amide bonds. The van der Waals surface area contributed by atoms with Gasteiger partial charge in [-0.1, -0.05) is 68.9 Å². The standard InChI is InChI=1S/2C15H23O3.C15H17O3.Al/c3*16-11-7-4-8-13-15(11)12(17)9-14(18-13)10-5-2-1-3-6-10;/h2*10-11,13-15H,1-9H2;1-3,5-6,11,13-15H,4,7-9H2;/q3*-1;+3. The van der Waals surface area contributed by atoms with Crippen molar-refractivity contribution < 1.29 is 40.0 Å². The molecule has 5 saturated carbocycles. The molecule has 8 aliphatic rings. The second-order valence-electron chi connectivity index (χ2n) is 18.5. The molecule has 5 aliphatic carbocycles. The minimum absolute atomic E-state index is 0.0125. The van der Waals surface area contributed by atoms with Crippen LogP contribution in [0.3, 0.4) is 0 Å². The lowest BCUT2D eigenvalue weighted by Crippen LogP contribution is -2.57. The first-order valence-electron chi connectivity index (χ1n) is 22.5. The molecule has 3 saturated heterocycles. The molecule has 3 aliphatic heterocycles. The van der Waals surface area contributed by atoms with Gasteiger partial charge in [-0.05, 0) is 101 Å². The number of benzene rings is 1. The monoisotopic (exact) mass is 774 g/mol. The molecule has 300 valence electrons. The summed E-state index contributed by atoms with van der Waals surface area (Å²) in [5, 5.41) is 0. The molecule has 9 rings (SSSR count). The maximum atomic E-state index is 14.1. The van der Waals surface area contributed by atoms with Gasteiger partial charge in [-0.3, -0.25) is 14.4 Å². The summed E-state index contributed by atoms with van der Waals surface area (Å²) in [6.07, 6.45) is 18.9. The lowest BCUT2D eigenvalue weighted by atomic mass is 9.74. The zero-order valence-electron chi connectivity index (χ0n) is 32.8. The van der Waals surface area contributed by atoms with Gasteiger partial charge in [-0.15, -0.1) is 0 Å². The van der Waals surface area contributed by atoms with Crippen molar-refractivity contribution in [1.29, 1.82) is 0 Å². The summed E-state index contributed by atoms with van der Waals surface area (Å²) in [5.41, 5.74) is 1.03. The van der Waals surface area contributed by atoms with Gasteiger partial charge in [0.1, 0.15) is 17.3 Å². The van der Waals surface area contributed by atoms with Gasteiger partial charge in [0, 0.05) is 37.6 Å². The first-order chi connectivity index (χ1) is 27.0. The van der Waals surface area contributed by atoms with Crippen LogP contribution in [0.4, 0.5) is 0 Å². The van der Waals surface area contributed by atoms with Crippen LogP contribution >= 0.6 is 0 Å². The summed E-state index contributed by atoms with van der Waals surface area (Å²) in [4.78, 5) is 42.2. The predicted octanol–water partition coefficient (Wildman–Crippen LogP) is 8.24. The van der Waals surface area contributed by atoms with E-state index in [2.05, 4.69) is 0 Å². The second kappa shape index (κ2) is 17.8. The Kier molecular flexibility index (Phi) is 12.6. The van der Waals surface area contributed by atoms with Crippen LogP contribution in [-0.2, 0) is 40.0 Å². The maximum absolute atomic E-state index is 14.1. The Balaban J connectivity index is 0.934. The minimum atomic E-state index is -3.02. The lowest BCUT2D eigenvalue weighted by Gasteiger charge is -2.47. The van der Waals surface area contributed by atoms with Crippen molar-refractivity contribution in [2.75, 3.05) is 0 Å². The predicted molar refractivity (Wildman–Crippen MR) is 206 cm³/mol. The fourth-order valence-corrected chi connectivity index (χ4v) is 14.2. The van der Waals surface area contributed by atoms with Crippen molar-refractivity contribution in [3.63, 3.8) is 0 Å². The number of carbonyl (C=O) groups excluding carboxylic acids is 3. The molecule has 12 unspecified atom stereocenters. The molecule has 0 radical (unpaired) electrons. The van der Waals surface area contributed by atoms with Crippen LogP contribution in [0.5, 0.6) is 0 Å². The SMILES string of the molecule is O=C1CC(c2ccccc2)OC2CCCC([O][Al]([O]C3CCCC4OC(C5CCCCC5)CC(=O)C43)[O]C3CCCC4OC(C5CCCCC5)CC(=O)C43)C12. The molecule has 9 nitrogen and oxygen atoms in total. The van der Waals surface area contributed by atoms with Gasteiger partial charge in [0.05, 0.1) is 54.4 Å². The average Bonchev–Trinajstić information content (AvgIpc) is 3.21. The van der Waals surface area contributed by atoms with E-state index in [0.29, 0.717) is 31.1 Å². The summed E-state index contributed by atoms with van der Waals surface area (Å²) < 4.78 is 41.4. The molecule has 55 heavy (non-hydrogen) atoms. The zero-order chi connectivity index (χ0) is 37.3. The van der Waals surface area contributed by atoms with Crippen molar-refractivity contribution >= 4 is 32.5 Å². The first-order valence-corrected chi connectivity index (χ1v) is 24.0. The normalized spacial score (nSPS) is 40.5. The molecule has 0 bridgehead atoms. The highest BCUT2D eigenvalue weighted by molar-refractivity contribution is 6.36. The highest BCUT2D eigenvalue weighted by Crippen LogP contribution is 2.45. The Labute approximate surface area is 333 Å². The average molecular weight is 775 g/mol. The van der Waals surface area contributed by atoms with Gasteiger partial charge in [0.25, 0.3) is 0 Å². The summed E-state index contributed by atoms with van der Waals surface area (Å²) in [6.45, 7) is 0. The van der Waals surface area contributed by atoms with Crippen molar-refractivity contribution in [2.45, 2.75) is 196 Å². The van der Waals surface area contributed by atoms with E-state index in [-0.39, 0.29) is 90.0 Å². The number of hydrogen-bond donors (Lipinski definition) is 0. The summed E-state index contributed by atoms with van der Waals surface area (Å²) in [7, 11) is 0. The van der Waals surface area contributed by atoms with E-state index in [0.717, 1.165) is 89.0 Å². The van der Waals surface area contributed by atoms with E-state index >= 15 is 0 Å². The van der Waals surface area contributed by atoms with E-state index < -0.39 is 15.1 Å². The van der Waals surface area contributed by atoms with E-state index in [4.69, 9.17) is 25.6 Å². The van der Waals surface area contributed by atoms with Crippen LogP contribution in [-0.4, -0.2) is 81.3 Å². The summed E-state index contributed by atoms with van der Waals surface area (Å²) >= 11 is -3.02. The molecule has 1 aromatic rings. The fraction of sp³-hybridized carbons (Fsp3) is 0.800. The van der Waals surface area contributed by atoms with Gasteiger partial charge in [-0.25, -0.2) is 0 Å². The number of Topliss-reactive ketones (excluding diaryl/α,β-unsaturated/α-hetero) is 3. The Hall–Kier alpha value is -1.48. The third kappa shape index (κ3) is 8.65. The lowest BCUT2D eigenvalue weighted by molar-refractivity contribution is -0.180. The number of fused-ring (bicyclic) bond motifs is 3. The molecule has 0 aromatic heterocycles. The number of hydrogen-bond acceptors (Lipinski definition) is 9. The van der Waals surface area contributed by atoms with E-state index in [1.165, 1.54) is 38.5 Å². The van der Waals surface area contributed by atoms with Crippen molar-refractivity contribution in [1.82, 2.24) is 0 Å². The number of carbonyl (C=O) groups is 3. The third-order valence-corrected chi connectivity index (χ3v) is 16.8. The highest BCUT2D eigenvalue weighted by atomic mass is 27.3. The van der Waals surface area contributed by atoms with Crippen molar-refractivity contribution in [3.8, 4) is 0 Å². The maximum Gasteiger partial charge on any atom is 0.906 e. The molecule has 1 aromatic carbocycles. The zero-order valence-corrected chi connectivity index (χ0v) is 33.9. The Morgan fingerprint density at radius 3 is 1.31 bits per heavy atom. The van der Waals surface area contributed by atoms with Crippen molar-refractivity contribution in [3.05, 3.63) is 35.9 Å². The second-order valence-corrected chi connectivity index (χ2v) is 19.9. The summed E-state index contributed by atoms with van der Waals surface area (Å²) in [5.74, 6) is 0.564. The van der Waals surface area contributed by atoms with E-state index in [9.17, 15) is 14.4 Å². The molecular formula is C45H63AlO9. The Bertz CT molecular complexity index is 1410. The number of ether oxygens (including phenoxy) is 3.